The summed E-state index contributed by atoms with van der Waals surface area (Å²) in [6, 6.07) is 0.493. The fourth-order valence-corrected chi connectivity index (χ4v) is 1.57. The summed E-state index contributed by atoms with van der Waals surface area (Å²) in [5, 5.41) is 21.7. The zero-order valence-corrected chi connectivity index (χ0v) is 7.01. The second kappa shape index (κ2) is 3.52. The molecule has 3 N–H and O–H groups in total. The van der Waals surface area contributed by atoms with Crippen molar-refractivity contribution in [2.45, 2.75) is 44.4 Å². The molecule has 0 radical (unpaired) electrons. The van der Waals surface area contributed by atoms with E-state index in [-0.39, 0.29) is 0 Å². The predicted octanol–water partition coefficient (Wildman–Crippen LogP) is 0.219. The lowest BCUT2D eigenvalue weighted by Crippen LogP contribution is -2.40. The van der Waals surface area contributed by atoms with Gasteiger partial charge in [-0.2, -0.15) is 0 Å². The zero-order valence-electron chi connectivity index (χ0n) is 7.01. The summed E-state index contributed by atoms with van der Waals surface area (Å²) in [6.07, 6.45) is 2.76. The summed E-state index contributed by atoms with van der Waals surface area (Å²) in [5.41, 5.74) is 0. The van der Waals surface area contributed by atoms with E-state index in [0.29, 0.717) is 18.9 Å². The van der Waals surface area contributed by atoms with Crippen LogP contribution < -0.4 is 5.32 Å². The van der Waals surface area contributed by atoms with E-state index in [0.717, 1.165) is 19.4 Å². The van der Waals surface area contributed by atoms with E-state index in [2.05, 4.69) is 12.2 Å². The molecular weight excluding hydrogens is 142 g/mol. The van der Waals surface area contributed by atoms with Gasteiger partial charge in [-0.15, -0.1) is 0 Å². The minimum atomic E-state index is -1.38. The lowest BCUT2D eigenvalue weighted by atomic mass is 9.90. The quantitative estimate of drug-likeness (QED) is 0.505. The van der Waals surface area contributed by atoms with Crippen molar-refractivity contribution in [1.82, 2.24) is 5.32 Å². The number of rotatable bonds is 2. The zero-order chi connectivity index (χ0) is 8.32. The number of hydrogen-bond donors (Lipinski definition) is 3. The number of hydrogen-bond acceptors (Lipinski definition) is 3. The fourth-order valence-electron chi connectivity index (χ4n) is 1.57. The van der Waals surface area contributed by atoms with Gasteiger partial charge in [-0.05, 0) is 19.4 Å². The second-order valence-corrected chi connectivity index (χ2v) is 3.31. The highest BCUT2D eigenvalue weighted by Crippen LogP contribution is 2.25. The lowest BCUT2D eigenvalue weighted by Gasteiger charge is -2.31. The molecule has 0 aliphatic heterocycles. The Bertz CT molecular complexity index is 115. The van der Waals surface area contributed by atoms with Crippen LogP contribution in [-0.2, 0) is 0 Å². The van der Waals surface area contributed by atoms with Gasteiger partial charge in [0.25, 0.3) is 0 Å². The van der Waals surface area contributed by atoms with Crippen LogP contribution in [0.5, 0.6) is 0 Å². The Hall–Kier alpha value is -0.120. The Balaban J connectivity index is 2.25. The maximum Gasteiger partial charge on any atom is 0.162 e. The van der Waals surface area contributed by atoms with E-state index in [1.54, 1.807) is 0 Å². The Kier molecular flexibility index (Phi) is 2.87. The van der Waals surface area contributed by atoms with E-state index >= 15 is 0 Å². The average Bonchev–Trinajstić information content (AvgIpc) is 1.94. The molecule has 1 saturated carbocycles. The van der Waals surface area contributed by atoms with Gasteiger partial charge >= 0.3 is 0 Å². The first-order valence-electron chi connectivity index (χ1n) is 4.32. The van der Waals surface area contributed by atoms with Crippen molar-refractivity contribution in [2.24, 2.45) is 0 Å². The van der Waals surface area contributed by atoms with Gasteiger partial charge in [0.1, 0.15) is 0 Å². The maximum absolute atomic E-state index is 9.19. The Morgan fingerprint density at radius 3 is 2.36 bits per heavy atom. The summed E-state index contributed by atoms with van der Waals surface area (Å²) in [6.45, 7) is 3.04. The molecule has 1 fully saturated rings. The normalized spacial score (nSPS) is 25.4. The standard InChI is InChI=1S/C8H17NO2/c1-2-9-7-3-5-8(10,11)6-4-7/h7,9-11H,2-6H2,1H3. The van der Waals surface area contributed by atoms with Crippen LogP contribution >= 0.6 is 0 Å². The van der Waals surface area contributed by atoms with Crippen LogP contribution in [0.1, 0.15) is 32.6 Å². The van der Waals surface area contributed by atoms with Crippen LogP contribution in [0.4, 0.5) is 0 Å². The van der Waals surface area contributed by atoms with Crippen molar-refractivity contribution < 1.29 is 10.2 Å². The van der Waals surface area contributed by atoms with E-state index in [9.17, 15) is 10.2 Å². The second-order valence-electron chi connectivity index (χ2n) is 3.31. The molecule has 0 amide bonds. The van der Waals surface area contributed by atoms with Crippen LogP contribution in [0.15, 0.2) is 0 Å². The van der Waals surface area contributed by atoms with Gasteiger partial charge in [-0.25, -0.2) is 0 Å². The summed E-state index contributed by atoms with van der Waals surface area (Å²) in [7, 11) is 0. The van der Waals surface area contributed by atoms with E-state index < -0.39 is 5.79 Å². The molecule has 0 atom stereocenters. The third-order valence-electron chi connectivity index (χ3n) is 2.28. The van der Waals surface area contributed by atoms with Crippen molar-refractivity contribution in [1.29, 1.82) is 0 Å². The highest BCUT2D eigenvalue weighted by atomic mass is 16.5. The smallest absolute Gasteiger partial charge is 0.162 e. The van der Waals surface area contributed by atoms with Crippen molar-refractivity contribution in [3.05, 3.63) is 0 Å². The summed E-state index contributed by atoms with van der Waals surface area (Å²) >= 11 is 0. The first-order chi connectivity index (χ1) is 5.14. The molecule has 1 aliphatic rings. The van der Waals surface area contributed by atoms with Crippen LogP contribution in [0.25, 0.3) is 0 Å². The molecule has 66 valence electrons. The minimum Gasteiger partial charge on any atom is -0.366 e. The van der Waals surface area contributed by atoms with Gasteiger partial charge < -0.3 is 15.5 Å². The fraction of sp³-hybridized carbons (Fsp3) is 1.00. The molecule has 0 saturated heterocycles. The molecule has 0 unspecified atom stereocenters. The molecular formula is C8H17NO2. The van der Waals surface area contributed by atoms with Crippen molar-refractivity contribution in [2.75, 3.05) is 6.54 Å². The molecule has 3 heteroatoms. The van der Waals surface area contributed by atoms with Crippen LogP contribution in [0, 0.1) is 0 Å². The third-order valence-corrected chi connectivity index (χ3v) is 2.28. The van der Waals surface area contributed by atoms with Crippen LogP contribution in [-0.4, -0.2) is 28.6 Å². The van der Waals surface area contributed by atoms with Gasteiger partial charge in [0.15, 0.2) is 5.79 Å². The topological polar surface area (TPSA) is 52.5 Å². The molecule has 3 nitrogen and oxygen atoms in total. The van der Waals surface area contributed by atoms with Gasteiger partial charge in [0, 0.05) is 18.9 Å². The minimum absolute atomic E-state index is 0.493. The van der Waals surface area contributed by atoms with Gasteiger partial charge in [0.2, 0.25) is 0 Å². The van der Waals surface area contributed by atoms with Gasteiger partial charge in [-0.1, -0.05) is 6.92 Å². The monoisotopic (exact) mass is 159 g/mol. The highest BCUT2D eigenvalue weighted by molar-refractivity contribution is 4.79. The molecule has 0 spiro atoms. The molecule has 0 aromatic heterocycles. The third kappa shape index (κ3) is 2.77. The molecule has 0 aromatic rings. The highest BCUT2D eigenvalue weighted by Gasteiger charge is 2.29. The Morgan fingerprint density at radius 1 is 1.36 bits per heavy atom. The largest absolute Gasteiger partial charge is 0.366 e. The van der Waals surface area contributed by atoms with E-state index in [1.807, 2.05) is 0 Å². The van der Waals surface area contributed by atoms with Crippen molar-refractivity contribution in [3.8, 4) is 0 Å². The van der Waals surface area contributed by atoms with Crippen molar-refractivity contribution >= 4 is 0 Å². The molecule has 1 aliphatic carbocycles. The lowest BCUT2D eigenvalue weighted by molar-refractivity contribution is -0.183. The summed E-state index contributed by atoms with van der Waals surface area (Å²) < 4.78 is 0. The Morgan fingerprint density at radius 2 is 1.91 bits per heavy atom. The van der Waals surface area contributed by atoms with Crippen LogP contribution in [0.2, 0.25) is 0 Å². The Labute approximate surface area is 67.4 Å². The molecule has 0 heterocycles. The molecule has 11 heavy (non-hydrogen) atoms. The SMILES string of the molecule is CCNC1CCC(O)(O)CC1. The molecule has 1 rings (SSSR count). The molecule has 0 bridgehead atoms. The van der Waals surface area contributed by atoms with Gasteiger partial charge in [0.05, 0.1) is 0 Å². The number of aliphatic hydroxyl groups is 2. The molecule has 0 aromatic carbocycles. The van der Waals surface area contributed by atoms with Crippen molar-refractivity contribution in [3.63, 3.8) is 0 Å². The number of nitrogens with one attached hydrogen (secondary N) is 1. The first kappa shape index (κ1) is 8.97. The first-order valence-corrected chi connectivity index (χ1v) is 4.32. The van der Waals surface area contributed by atoms with E-state index in [1.165, 1.54) is 0 Å². The van der Waals surface area contributed by atoms with E-state index in [4.69, 9.17) is 0 Å². The summed E-state index contributed by atoms with van der Waals surface area (Å²) in [4.78, 5) is 0. The predicted molar refractivity (Wildman–Crippen MR) is 43.1 cm³/mol. The van der Waals surface area contributed by atoms with Gasteiger partial charge in [-0.3, -0.25) is 0 Å². The van der Waals surface area contributed by atoms with Crippen LogP contribution in [0.3, 0.4) is 0 Å². The summed E-state index contributed by atoms with van der Waals surface area (Å²) in [5.74, 6) is -1.38. The maximum atomic E-state index is 9.19. The average molecular weight is 159 g/mol.